The Kier molecular flexibility index (Phi) is 4.96. The molecule has 0 atom stereocenters. The molecule has 0 aliphatic carbocycles. The lowest BCUT2D eigenvalue weighted by atomic mass is 10.0. The van der Waals surface area contributed by atoms with Gasteiger partial charge in [0.2, 0.25) is 0 Å². The van der Waals surface area contributed by atoms with Crippen molar-refractivity contribution in [1.29, 1.82) is 0 Å². The highest BCUT2D eigenvalue weighted by molar-refractivity contribution is 7.80. The molecule has 0 bridgehead atoms. The van der Waals surface area contributed by atoms with Gasteiger partial charge in [0.05, 0.1) is 18.2 Å². The van der Waals surface area contributed by atoms with Gasteiger partial charge in [-0.2, -0.15) is 0 Å². The Hall–Kier alpha value is -0.190. The fourth-order valence-corrected chi connectivity index (χ4v) is 2.05. The van der Waals surface area contributed by atoms with Crippen LogP contribution < -0.4 is 5.73 Å². The van der Waals surface area contributed by atoms with Crippen LogP contribution in [0, 0.1) is 0 Å². The molecule has 0 spiro atoms. The van der Waals surface area contributed by atoms with Crippen LogP contribution in [0.4, 0.5) is 0 Å². The summed E-state index contributed by atoms with van der Waals surface area (Å²) in [5, 5.41) is 0. The van der Waals surface area contributed by atoms with Gasteiger partial charge in [-0.05, 0) is 39.7 Å². The fraction of sp³-hybridized carbons (Fsp3) is 0.909. The van der Waals surface area contributed by atoms with Crippen LogP contribution >= 0.6 is 12.2 Å². The van der Waals surface area contributed by atoms with Crippen molar-refractivity contribution >= 4 is 17.2 Å². The smallest absolute Gasteiger partial charge is 0.0727 e. The molecule has 1 fully saturated rings. The SMILES string of the molecule is CC1(C)COCCN1CCCCC(N)=S. The first-order valence-corrected chi connectivity index (χ1v) is 6.04. The third kappa shape index (κ3) is 4.45. The minimum atomic E-state index is 0.182. The van der Waals surface area contributed by atoms with Crippen molar-refractivity contribution in [2.75, 3.05) is 26.3 Å². The molecule has 2 N–H and O–H groups in total. The highest BCUT2D eigenvalue weighted by atomic mass is 32.1. The van der Waals surface area contributed by atoms with Crippen molar-refractivity contribution in [2.45, 2.75) is 38.6 Å². The van der Waals surface area contributed by atoms with Crippen molar-refractivity contribution in [3.63, 3.8) is 0 Å². The van der Waals surface area contributed by atoms with E-state index in [1.807, 2.05) is 0 Å². The fourth-order valence-electron chi connectivity index (χ4n) is 1.91. The van der Waals surface area contributed by atoms with E-state index < -0.39 is 0 Å². The van der Waals surface area contributed by atoms with Crippen molar-refractivity contribution in [3.05, 3.63) is 0 Å². The van der Waals surface area contributed by atoms with Crippen LogP contribution in [-0.4, -0.2) is 41.7 Å². The van der Waals surface area contributed by atoms with Gasteiger partial charge in [-0.25, -0.2) is 0 Å². The van der Waals surface area contributed by atoms with E-state index >= 15 is 0 Å². The zero-order chi connectivity index (χ0) is 11.3. The van der Waals surface area contributed by atoms with Crippen molar-refractivity contribution in [2.24, 2.45) is 5.73 Å². The Balaban J connectivity index is 2.21. The van der Waals surface area contributed by atoms with Crippen LogP contribution in [0.2, 0.25) is 0 Å². The van der Waals surface area contributed by atoms with Crippen molar-refractivity contribution in [3.8, 4) is 0 Å². The van der Waals surface area contributed by atoms with E-state index in [2.05, 4.69) is 18.7 Å². The highest BCUT2D eigenvalue weighted by Gasteiger charge is 2.29. The van der Waals surface area contributed by atoms with E-state index in [4.69, 9.17) is 22.7 Å². The first kappa shape index (κ1) is 12.9. The number of morpholine rings is 1. The topological polar surface area (TPSA) is 38.5 Å². The first-order valence-electron chi connectivity index (χ1n) is 5.63. The summed E-state index contributed by atoms with van der Waals surface area (Å²) in [7, 11) is 0. The van der Waals surface area contributed by atoms with Gasteiger partial charge in [0.15, 0.2) is 0 Å². The van der Waals surface area contributed by atoms with E-state index in [1.165, 1.54) is 6.42 Å². The highest BCUT2D eigenvalue weighted by Crippen LogP contribution is 2.19. The molecule has 1 heterocycles. The third-order valence-corrected chi connectivity index (χ3v) is 3.12. The van der Waals surface area contributed by atoms with E-state index in [0.29, 0.717) is 4.99 Å². The van der Waals surface area contributed by atoms with Crippen molar-refractivity contribution in [1.82, 2.24) is 4.90 Å². The molecule has 0 saturated carbocycles. The monoisotopic (exact) mass is 230 g/mol. The van der Waals surface area contributed by atoms with E-state index in [1.54, 1.807) is 0 Å². The predicted octanol–water partition coefficient (Wildman–Crippen LogP) is 1.55. The number of hydrogen-bond acceptors (Lipinski definition) is 3. The largest absolute Gasteiger partial charge is 0.393 e. The van der Waals surface area contributed by atoms with Crippen molar-refractivity contribution < 1.29 is 4.74 Å². The quantitative estimate of drug-likeness (QED) is 0.574. The molecular formula is C11H22N2OS. The minimum absolute atomic E-state index is 0.182. The van der Waals surface area contributed by atoms with Gasteiger partial charge in [-0.15, -0.1) is 0 Å². The number of hydrogen-bond donors (Lipinski definition) is 1. The zero-order valence-electron chi connectivity index (χ0n) is 9.79. The molecule has 0 unspecified atom stereocenters. The molecular weight excluding hydrogens is 208 g/mol. The molecule has 0 radical (unpaired) electrons. The predicted molar refractivity (Wildman–Crippen MR) is 67.1 cm³/mol. The second-order valence-electron chi connectivity index (χ2n) is 4.78. The standard InChI is InChI=1S/C11H22N2OS/c1-11(2)9-14-8-7-13(11)6-4-3-5-10(12)15/h3-9H2,1-2H3,(H2,12,15). The lowest BCUT2D eigenvalue weighted by molar-refractivity contribution is -0.0512. The summed E-state index contributed by atoms with van der Waals surface area (Å²) >= 11 is 4.85. The minimum Gasteiger partial charge on any atom is -0.393 e. The van der Waals surface area contributed by atoms with Gasteiger partial charge in [0.1, 0.15) is 0 Å². The number of thiocarbonyl (C=S) groups is 1. The zero-order valence-corrected chi connectivity index (χ0v) is 10.6. The van der Waals surface area contributed by atoms with Crippen LogP contribution in [0.15, 0.2) is 0 Å². The number of unbranched alkanes of at least 4 members (excludes halogenated alkanes) is 1. The summed E-state index contributed by atoms with van der Waals surface area (Å²) < 4.78 is 5.48. The molecule has 88 valence electrons. The second kappa shape index (κ2) is 5.77. The molecule has 15 heavy (non-hydrogen) atoms. The molecule has 0 aromatic carbocycles. The van der Waals surface area contributed by atoms with E-state index in [9.17, 15) is 0 Å². The molecule has 0 aromatic rings. The lowest BCUT2D eigenvalue weighted by Gasteiger charge is -2.42. The first-order chi connectivity index (χ1) is 7.02. The van der Waals surface area contributed by atoms with Crippen LogP contribution in [0.5, 0.6) is 0 Å². The lowest BCUT2D eigenvalue weighted by Crippen LogP contribution is -2.53. The molecule has 1 aliphatic rings. The molecule has 1 saturated heterocycles. The summed E-state index contributed by atoms with van der Waals surface area (Å²) in [5.41, 5.74) is 5.64. The Morgan fingerprint density at radius 3 is 2.80 bits per heavy atom. The number of nitrogens with two attached hydrogens (primary N) is 1. The average molecular weight is 230 g/mol. The summed E-state index contributed by atoms with van der Waals surface area (Å²) in [5.74, 6) is 0. The van der Waals surface area contributed by atoms with Gasteiger partial charge in [0, 0.05) is 12.1 Å². The molecule has 0 aromatic heterocycles. The van der Waals surface area contributed by atoms with Crippen LogP contribution in [0.25, 0.3) is 0 Å². The van der Waals surface area contributed by atoms with Gasteiger partial charge in [-0.1, -0.05) is 12.2 Å². The van der Waals surface area contributed by atoms with Crippen LogP contribution in [0.3, 0.4) is 0 Å². The maximum absolute atomic E-state index is 5.48. The maximum atomic E-state index is 5.48. The Morgan fingerprint density at radius 2 is 2.20 bits per heavy atom. The van der Waals surface area contributed by atoms with Crippen LogP contribution in [-0.2, 0) is 4.74 Å². The molecule has 1 aliphatic heterocycles. The Morgan fingerprint density at radius 1 is 1.47 bits per heavy atom. The summed E-state index contributed by atoms with van der Waals surface area (Å²) in [6, 6.07) is 0. The Bertz CT molecular complexity index is 219. The molecule has 3 nitrogen and oxygen atoms in total. The molecule has 0 amide bonds. The average Bonchev–Trinajstić information content (AvgIpc) is 2.13. The van der Waals surface area contributed by atoms with Gasteiger partial charge in [0.25, 0.3) is 0 Å². The van der Waals surface area contributed by atoms with Crippen LogP contribution in [0.1, 0.15) is 33.1 Å². The van der Waals surface area contributed by atoms with E-state index in [0.717, 1.165) is 39.1 Å². The summed E-state index contributed by atoms with van der Waals surface area (Å²) in [6.07, 6.45) is 3.14. The summed E-state index contributed by atoms with van der Waals surface area (Å²) in [6.45, 7) is 8.33. The molecule has 1 rings (SSSR count). The summed E-state index contributed by atoms with van der Waals surface area (Å²) in [4.78, 5) is 3.13. The number of rotatable bonds is 5. The normalized spacial score (nSPS) is 21.5. The van der Waals surface area contributed by atoms with Gasteiger partial charge < -0.3 is 10.5 Å². The maximum Gasteiger partial charge on any atom is 0.0727 e. The van der Waals surface area contributed by atoms with Gasteiger partial charge >= 0.3 is 0 Å². The Labute approximate surface area is 98.0 Å². The van der Waals surface area contributed by atoms with Gasteiger partial charge in [-0.3, -0.25) is 4.90 Å². The number of ether oxygens (including phenoxy) is 1. The molecule has 4 heteroatoms. The second-order valence-corrected chi connectivity index (χ2v) is 5.30. The van der Waals surface area contributed by atoms with E-state index in [-0.39, 0.29) is 5.54 Å². The third-order valence-electron chi connectivity index (χ3n) is 2.92. The number of nitrogens with zero attached hydrogens (tertiary/aromatic N) is 1.